The molecule has 1 aromatic rings. The average molecular weight is 208 g/mol. The van der Waals surface area contributed by atoms with Crippen LogP contribution in [-0.2, 0) is 5.54 Å². The Kier molecular flexibility index (Phi) is 2.34. The fourth-order valence-corrected chi connectivity index (χ4v) is 1.72. The van der Waals surface area contributed by atoms with Crippen LogP contribution >= 0.6 is 0 Å². The Morgan fingerprint density at radius 1 is 1.40 bits per heavy atom. The highest BCUT2D eigenvalue weighted by Gasteiger charge is 2.47. The van der Waals surface area contributed by atoms with Crippen LogP contribution in [0.5, 0.6) is 0 Å². The van der Waals surface area contributed by atoms with Crippen LogP contribution in [0, 0.1) is 5.82 Å². The lowest BCUT2D eigenvalue weighted by Gasteiger charge is -2.18. The summed E-state index contributed by atoms with van der Waals surface area (Å²) in [4.78, 5) is 11.2. The van der Waals surface area contributed by atoms with Crippen molar-refractivity contribution in [1.82, 2.24) is 10.6 Å². The van der Waals surface area contributed by atoms with E-state index in [0.29, 0.717) is 5.56 Å². The van der Waals surface area contributed by atoms with Gasteiger partial charge in [0, 0.05) is 12.6 Å². The minimum atomic E-state index is -0.481. The lowest BCUT2D eigenvalue weighted by molar-refractivity contribution is 0.237. The zero-order valence-electron chi connectivity index (χ0n) is 8.51. The summed E-state index contributed by atoms with van der Waals surface area (Å²) in [6.45, 7) is 0. The fraction of sp³-hybridized carbons (Fsp3) is 0.364. The minimum Gasteiger partial charge on any atom is -0.341 e. The summed E-state index contributed by atoms with van der Waals surface area (Å²) in [6, 6.07) is 6.30. The second kappa shape index (κ2) is 3.53. The third-order valence-corrected chi connectivity index (χ3v) is 2.72. The topological polar surface area (TPSA) is 41.1 Å². The molecule has 0 saturated heterocycles. The molecule has 3 nitrogen and oxygen atoms in total. The van der Waals surface area contributed by atoms with E-state index in [1.807, 2.05) is 0 Å². The summed E-state index contributed by atoms with van der Waals surface area (Å²) in [5, 5.41) is 5.26. The molecule has 1 aliphatic rings. The van der Waals surface area contributed by atoms with E-state index in [4.69, 9.17) is 0 Å². The Hall–Kier alpha value is -1.58. The number of urea groups is 1. The van der Waals surface area contributed by atoms with Crippen LogP contribution in [0.4, 0.5) is 9.18 Å². The number of nitrogens with one attached hydrogen (secondary N) is 2. The first kappa shape index (κ1) is 9.96. The van der Waals surface area contributed by atoms with Crippen LogP contribution in [-0.4, -0.2) is 13.1 Å². The first-order chi connectivity index (χ1) is 7.18. The van der Waals surface area contributed by atoms with Gasteiger partial charge in [-0.2, -0.15) is 0 Å². The molecule has 1 aromatic carbocycles. The Labute approximate surface area is 87.7 Å². The number of benzene rings is 1. The number of carbonyl (C=O) groups is 1. The quantitative estimate of drug-likeness (QED) is 0.763. The van der Waals surface area contributed by atoms with Crippen molar-refractivity contribution in [2.24, 2.45) is 0 Å². The third kappa shape index (κ3) is 1.79. The standard InChI is InChI=1S/C11H13FN2O/c1-13-10(15)14-11(6-7-11)8-4-2-3-5-9(8)12/h2-5H,6-7H2,1H3,(H2,13,14,15). The zero-order chi connectivity index (χ0) is 10.9. The molecule has 80 valence electrons. The number of hydrogen-bond donors (Lipinski definition) is 2. The van der Waals surface area contributed by atoms with Gasteiger partial charge in [-0.1, -0.05) is 18.2 Å². The average Bonchev–Trinajstić information content (AvgIpc) is 2.99. The maximum atomic E-state index is 13.5. The van der Waals surface area contributed by atoms with E-state index in [-0.39, 0.29) is 11.8 Å². The Morgan fingerprint density at radius 2 is 2.07 bits per heavy atom. The number of rotatable bonds is 2. The van der Waals surface area contributed by atoms with E-state index in [2.05, 4.69) is 10.6 Å². The molecular weight excluding hydrogens is 195 g/mol. The van der Waals surface area contributed by atoms with E-state index < -0.39 is 5.54 Å². The number of amides is 2. The van der Waals surface area contributed by atoms with Gasteiger partial charge in [-0.15, -0.1) is 0 Å². The Balaban J connectivity index is 2.23. The summed E-state index contributed by atoms with van der Waals surface area (Å²) in [7, 11) is 1.55. The summed E-state index contributed by atoms with van der Waals surface area (Å²) in [6.07, 6.45) is 1.59. The third-order valence-electron chi connectivity index (χ3n) is 2.72. The van der Waals surface area contributed by atoms with E-state index in [1.54, 1.807) is 25.2 Å². The predicted octanol–water partition coefficient (Wildman–Crippen LogP) is 1.74. The Bertz CT molecular complexity index is 388. The van der Waals surface area contributed by atoms with Crippen molar-refractivity contribution in [1.29, 1.82) is 0 Å². The van der Waals surface area contributed by atoms with Crippen LogP contribution in [0.2, 0.25) is 0 Å². The highest BCUT2D eigenvalue weighted by Crippen LogP contribution is 2.46. The van der Waals surface area contributed by atoms with Gasteiger partial charge in [-0.3, -0.25) is 0 Å². The smallest absolute Gasteiger partial charge is 0.315 e. The molecule has 4 heteroatoms. The van der Waals surface area contributed by atoms with Crippen molar-refractivity contribution in [2.45, 2.75) is 18.4 Å². The molecule has 0 aromatic heterocycles. The molecule has 1 aliphatic carbocycles. The lowest BCUT2D eigenvalue weighted by Crippen LogP contribution is -2.41. The number of hydrogen-bond acceptors (Lipinski definition) is 1. The molecule has 0 heterocycles. The van der Waals surface area contributed by atoms with Crippen molar-refractivity contribution in [2.75, 3.05) is 7.05 Å². The van der Waals surface area contributed by atoms with Crippen LogP contribution in [0.15, 0.2) is 24.3 Å². The van der Waals surface area contributed by atoms with Gasteiger partial charge in [0.15, 0.2) is 0 Å². The van der Waals surface area contributed by atoms with Crippen molar-refractivity contribution in [3.63, 3.8) is 0 Å². The van der Waals surface area contributed by atoms with Crippen LogP contribution < -0.4 is 10.6 Å². The molecule has 2 amide bonds. The summed E-state index contributed by atoms with van der Waals surface area (Å²) in [5.74, 6) is -0.258. The predicted molar refractivity (Wildman–Crippen MR) is 54.9 cm³/mol. The van der Waals surface area contributed by atoms with Gasteiger partial charge in [0.25, 0.3) is 0 Å². The van der Waals surface area contributed by atoms with Gasteiger partial charge in [0.1, 0.15) is 5.82 Å². The summed E-state index contributed by atoms with van der Waals surface area (Å²) in [5.41, 5.74) is 0.0967. The first-order valence-electron chi connectivity index (χ1n) is 4.93. The maximum absolute atomic E-state index is 13.5. The van der Waals surface area contributed by atoms with Gasteiger partial charge in [0.05, 0.1) is 5.54 Å². The van der Waals surface area contributed by atoms with Gasteiger partial charge in [0.2, 0.25) is 0 Å². The van der Waals surface area contributed by atoms with Crippen LogP contribution in [0.25, 0.3) is 0 Å². The molecule has 2 rings (SSSR count). The molecular formula is C11H13FN2O. The molecule has 2 N–H and O–H groups in total. The Morgan fingerprint density at radius 3 is 2.60 bits per heavy atom. The van der Waals surface area contributed by atoms with Gasteiger partial charge >= 0.3 is 6.03 Å². The van der Waals surface area contributed by atoms with E-state index in [0.717, 1.165) is 12.8 Å². The lowest BCUT2D eigenvalue weighted by atomic mass is 10.0. The molecule has 0 unspecified atom stereocenters. The molecule has 0 atom stereocenters. The van der Waals surface area contributed by atoms with E-state index >= 15 is 0 Å². The van der Waals surface area contributed by atoms with Gasteiger partial charge < -0.3 is 10.6 Å². The van der Waals surface area contributed by atoms with Crippen LogP contribution in [0.1, 0.15) is 18.4 Å². The van der Waals surface area contributed by atoms with E-state index in [1.165, 1.54) is 6.07 Å². The number of carbonyl (C=O) groups excluding carboxylic acids is 1. The summed E-state index contributed by atoms with van der Waals surface area (Å²) >= 11 is 0. The van der Waals surface area contributed by atoms with Crippen molar-refractivity contribution in [3.05, 3.63) is 35.6 Å². The van der Waals surface area contributed by atoms with Crippen molar-refractivity contribution >= 4 is 6.03 Å². The van der Waals surface area contributed by atoms with Gasteiger partial charge in [-0.05, 0) is 18.9 Å². The normalized spacial score (nSPS) is 16.9. The molecule has 0 spiro atoms. The first-order valence-corrected chi connectivity index (χ1v) is 4.93. The van der Waals surface area contributed by atoms with Crippen molar-refractivity contribution < 1.29 is 9.18 Å². The van der Waals surface area contributed by atoms with Crippen LogP contribution in [0.3, 0.4) is 0 Å². The summed E-state index contributed by atoms with van der Waals surface area (Å²) < 4.78 is 13.5. The number of halogens is 1. The largest absolute Gasteiger partial charge is 0.341 e. The molecule has 1 saturated carbocycles. The van der Waals surface area contributed by atoms with Gasteiger partial charge in [-0.25, -0.2) is 9.18 Å². The minimum absolute atomic E-state index is 0.258. The molecule has 1 fully saturated rings. The zero-order valence-corrected chi connectivity index (χ0v) is 8.51. The highest BCUT2D eigenvalue weighted by molar-refractivity contribution is 5.75. The molecule has 0 bridgehead atoms. The van der Waals surface area contributed by atoms with E-state index in [9.17, 15) is 9.18 Å². The van der Waals surface area contributed by atoms with Crippen molar-refractivity contribution in [3.8, 4) is 0 Å². The highest BCUT2D eigenvalue weighted by atomic mass is 19.1. The second-order valence-corrected chi connectivity index (χ2v) is 3.77. The maximum Gasteiger partial charge on any atom is 0.315 e. The monoisotopic (exact) mass is 208 g/mol. The molecule has 0 aliphatic heterocycles. The molecule has 0 radical (unpaired) electrons. The SMILES string of the molecule is CNC(=O)NC1(c2ccccc2F)CC1. The second-order valence-electron chi connectivity index (χ2n) is 3.77. The fourth-order valence-electron chi connectivity index (χ4n) is 1.72. The molecule has 15 heavy (non-hydrogen) atoms.